The number of hydrogen-bond acceptors (Lipinski definition) is 6. The summed E-state index contributed by atoms with van der Waals surface area (Å²) in [5.41, 5.74) is 5.23. The predicted molar refractivity (Wildman–Crippen MR) is 122 cm³/mol. The fourth-order valence-electron chi connectivity index (χ4n) is 3.24. The van der Waals surface area contributed by atoms with Gasteiger partial charge in [-0.15, -0.1) is 0 Å². The zero-order chi connectivity index (χ0) is 21.3. The summed E-state index contributed by atoms with van der Waals surface area (Å²) in [6, 6.07) is 13.5. The molecule has 0 aliphatic carbocycles. The summed E-state index contributed by atoms with van der Waals surface area (Å²) >= 11 is 0. The number of nitrogens with one attached hydrogen (secondary N) is 2. The molecule has 0 fully saturated rings. The molecule has 0 saturated heterocycles. The summed E-state index contributed by atoms with van der Waals surface area (Å²) in [6.07, 6.45) is 6.95. The molecule has 4 aromatic rings. The normalized spacial score (nSPS) is 11.5. The maximum absolute atomic E-state index is 12.0. The van der Waals surface area contributed by atoms with Crippen molar-refractivity contribution in [1.82, 2.24) is 15.0 Å². The van der Waals surface area contributed by atoms with Gasteiger partial charge in [0, 0.05) is 62.9 Å². The van der Waals surface area contributed by atoms with E-state index in [0.29, 0.717) is 17.4 Å². The number of methoxy groups -OCH3 is 1. The minimum atomic E-state index is -2.29. The Morgan fingerprint density at radius 1 is 1.17 bits per heavy atom. The van der Waals surface area contributed by atoms with E-state index in [1.54, 1.807) is 38.0 Å². The first kappa shape index (κ1) is 19.9. The van der Waals surface area contributed by atoms with Crippen LogP contribution in [-0.4, -0.2) is 38.8 Å². The number of hydrogen-bond donors (Lipinski definition) is 2. The van der Waals surface area contributed by atoms with Gasteiger partial charge in [-0.3, -0.25) is 0 Å². The number of nitrogens with zero attached hydrogens (tertiary/aromatic N) is 3. The number of para-hydroxylation sites is 1. The standard InChI is InChI=1S/C22H23N5O2S/c1-14-12-24-22(26-21(14)17-13-23-18-8-6-5-7-16(17)18)25-15-9-10-19(20(11-15)29-2)27-30(3,4)28/h5-13,23H,1-4H3,(H,24,25,26). The molecule has 0 unspecified atom stereocenters. The Balaban J connectivity index is 1.70. The minimum Gasteiger partial charge on any atom is -0.494 e. The first-order valence-electron chi connectivity index (χ1n) is 9.36. The van der Waals surface area contributed by atoms with Crippen LogP contribution in [0, 0.1) is 6.92 Å². The van der Waals surface area contributed by atoms with Crippen LogP contribution >= 0.6 is 0 Å². The molecule has 2 aromatic carbocycles. The molecule has 8 heteroatoms. The highest BCUT2D eigenvalue weighted by Gasteiger charge is 2.12. The lowest BCUT2D eigenvalue weighted by Crippen LogP contribution is -2.00. The van der Waals surface area contributed by atoms with Crippen molar-refractivity contribution in [3.8, 4) is 17.0 Å². The SMILES string of the molecule is COc1cc(Nc2ncc(C)c(-c3c[nH]c4ccccc34)n2)ccc1N=S(C)(C)=O. The first-order valence-corrected chi connectivity index (χ1v) is 11.7. The molecule has 0 atom stereocenters. The van der Waals surface area contributed by atoms with Crippen molar-refractivity contribution in [3.05, 3.63) is 60.4 Å². The number of anilines is 2. The van der Waals surface area contributed by atoms with E-state index in [0.717, 1.165) is 33.4 Å². The Hall–Kier alpha value is -3.39. The Kier molecular flexibility index (Phi) is 5.17. The Bertz CT molecular complexity index is 1340. The molecule has 0 aliphatic heterocycles. The van der Waals surface area contributed by atoms with Crippen LogP contribution in [0.2, 0.25) is 0 Å². The minimum absolute atomic E-state index is 0.474. The van der Waals surface area contributed by atoms with Gasteiger partial charge in [0.05, 0.1) is 12.8 Å². The van der Waals surface area contributed by atoms with Crippen molar-refractivity contribution >= 4 is 38.0 Å². The maximum Gasteiger partial charge on any atom is 0.227 e. The van der Waals surface area contributed by atoms with E-state index in [9.17, 15) is 4.21 Å². The number of aromatic nitrogens is 3. The number of rotatable bonds is 5. The van der Waals surface area contributed by atoms with Crippen molar-refractivity contribution in [2.24, 2.45) is 4.36 Å². The molecular formula is C22H23N5O2S. The van der Waals surface area contributed by atoms with Crippen LogP contribution in [0.3, 0.4) is 0 Å². The van der Waals surface area contributed by atoms with E-state index in [-0.39, 0.29) is 0 Å². The lowest BCUT2D eigenvalue weighted by Gasteiger charge is -2.11. The molecule has 30 heavy (non-hydrogen) atoms. The maximum atomic E-state index is 12.0. The largest absolute Gasteiger partial charge is 0.494 e. The summed E-state index contributed by atoms with van der Waals surface area (Å²) in [7, 11) is -0.730. The second kappa shape index (κ2) is 7.79. The molecule has 0 bridgehead atoms. The van der Waals surface area contributed by atoms with Gasteiger partial charge in [-0.05, 0) is 30.7 Å². The fourth-order valence-corrected chi connectivity index (χ4v) is 3.86. The number of ether oxygens (including phenoxy) is 1. The van der Waals surface area contributed by atoms with E-state index in [2.05, 4.69) is 25.7 Å². The summed E-state index contributed by atoms with van der Waals surface area (Å²) in [6.45, 7) is 1.99. The molecule has 0 radical (unpaired) electrons. The second-order valence-corrected chi connectivity index (χ2v) is 9.80. The highest BCUT2D eigenvalue weighted by Crippen LogP contribution is 2.33. The lowest BCUT2D eigenvalue weighted by atomic mass is 10.1. The van der Waals surface area contributed by atoms with E-state index >= 15 is 0 Å². The highest BCUT2D eigenvalue weighted by atomic mass is 32.2. The Morgan fingerprint density at radius 3 is 2.73 bits per heavy atom. The van der Waals surface area contributed by atoms with Gasteiger partial charge in [0.15, 0.2) is 0 Å². The molecular weight excluding hydrogens is 398 g/mol. The van der Waals surface area contributed by atoms with Crippen molar-refractivity contribution in [2.75, 3.05) is 24.9 Å². The van der Waals surface area contributed by atoms with E-state index in [1.807, 2.05) is 37.4 Å². The zero-order valence-corrected chi connectivity index (χ0v) is 18.1. The van der Waals surface area contributed by atoms with Gasteiger partial charge in [0.25, 0.3) is 0 Å². The fraction of sp³-hybridized carbons (Fsp3) is 0.182. The van der Waals surface area contributed by atoms with Gasteiger partial charge in [0.2, 0.25) is 5.95 Å². The molecule has 2 N–H and O–H groups in total. The van der Waals surface area contributed by atoms with Gasteiger partial charge in [-0.1, -0.05) is 18.2 Å². The summed E-state index contributed by atoms with van der Waals surface area (Å²) in [5.74, 6) is 1.00. The molecule has 0 spiro atoms. The topological polar surface area (TPSA) is 92.3 Å². The second-order valence-electron chi connectivity index (χ2n) is 7.26. The molecule has 2 heterocycles. The van der Waals surface area contributed by atoms with Crippen LogP contribution in [0.5, 0.6) is 5.75 Å². The number of fused-ring (bicyclic) bond motifs is 1. The smallest absolute Gasteiger partial charge is 0.227 e. The van der Waals surface area contributed by atoms with Gasteiger partial charge in [0.1, 0.15) is 11.4 Å². The van der Waals surface area contributed by atoms with Crippen molar-refractivity contribution in [3.63, 3.8) is 0 Å². The summed E-state index contributed by atoms with van der Waals surface area (Å²) < 4.78 is 21.7. The van der Waals surface area contributed by atoms with Crippen LogP contribution in [0.25, 0.3) is 22.2 Å². The lowest BCUT2D eigenvalue weighted by molar-refractivity contribution is 0.416. The van der Waals surface area contributed by atoms with Crippen LogP contribution in [0.1, 0.15) is 5.56 Å². The molecule has 0 aliphatic rings. The van der Waals surface area contributed by atoms with Gasteiger partial charge in [-0.25, -0.2) is 14.2 Å². The van der Waals surface area contributed by atoms with Gasteiger partial charge in [-0.2, -0.15) is 4.36 Å². The van der Waals surface area contributed by atoms with Crippen molar-refractivity contribution < 1.29 is 8.95 Å². The third-order valence-electron chi connectivity index (χ3n) is 4.57. The third kappa shape index (κ3) is 4.13. The van der Waals surface area contributed by atoms with Crippen LogP contribution in [-0.2, 0) is 9.73 Å². The van der Waals surface area contributed by atoms with E-state index in [4.69, 9.17) is 9.72 Å². The summed E-state index contributed by atoms with van der Waals surface area (Å²) in [4.78, 5) is 12.5. The van der Waals surface area contributed by atoms with Crippen molar-refractivity contribution in [1.29, 1.82) is 0 Å². The van der Waals surface area contributed by atoms with Crippen LogP contribution < -0.4 is 10.1 Å². The van der Waals surface area contributed by atoms with Gasteiger partial charge >= 0.3 is 0 Å². The number of benzene rings is 2. The molecule has 0 amide bonds. The quantitative estimate of drug-likeness (QED) is 0.471. The average molecular weight is 422 g/mol. The highest BCUT2D eigenvalue weighted by molar-refractivity contribution is 7.92. The first-order chi connectivity index (χ1) is 14.3. The van der Waals surface area contributed by atoms with Crippen molar-refractivity contribution in [2.45, 2.75) is 6.92 Å². The van der Waals surface area contributed by atoms with Crippen LogP contribution in [0.4, 0.5) is 17.3 Å². The molecule has 4 rings (SSSR count). The average Bonchev–Trinajstić information content (AvgIpc) is 3.13. The Morgan fingerprint density at radius 2 is 1.97 bits per heavy atom. The van der Waals surface area contributed by atoms with Crippen LogP contribution in [0.15, 0.2) is 59.2 Å². The third-order valence-corrected chi connectivity index (χ3v) is 5.21. The molecule has 7 nitrogen and oxygen atoms in total. The van der Waals surface area contributed by atoms with Gasteiger partial charge < -0.3 is 15.0 Å². The van der Waals surface area contributed by atoms with E-state index in [1.165, 1.54) is 0 Å². The number of aromatic amines is 1. The number of H-pyrrole nitrogens is 1. The molecule has 2 aromatic heterocycles. The van der Waals surface area contributed by atoms with E-state index < -0.39 is 9.73 Å². The number of aryl methyl sites for hydroxylation is 1. The summed E-state index contributed by atoms with van der Waals surface area (Å²) in [5, 5.41) is 4.33. The molecule has 154 valence electrons. The predicted octanol–water partition coefficient (Wildman–Crippen LogP) is 5.04. The Labute approximate surface area is 175 Å². The zero-order valence-electron chi connectivity index (χ0n) is 17.3. The monoisotopic (exact) mass is 421 g/mol. The molecule has 0 saturated carbocycles.